The highest BCUT2D eigenvalue weighted by Gasteiger charge is 2.07. The van der Waals surface area contributed by atoms with Crippen LogP contribution in [0.5, 0.6) is 0 Å². The SMILES string of the molecule is CNCc1[nH]c(CC(C)C)nc1Cl. The minimum Gasteiger partial charge on any atom is -0.344 e. The molecule has 0 saturated heterocycles. The highest BCUT2D eigenvalue weighted by molar-refractivity contribution is 6.30. The van der Waals surface area contributed by atoms with Gasteiger partial charge in [0, 0.05) is 13.0 Å². The fourth-order valence-corrected chi connectivity index (χ4v) is 1.43. The van der Waals surface area contributed by atoms with Crippen molar-refractivity contribution >= 4 is 11.6 Å². The zero-order valence-corrected chi connectivity index (χ0v) is 9.07. The van der Waals surface area contributed by atoms with E-state index in [2.05, 4.69) is 29.1 Å². The van der Waals surface area contributed by atoms with Gasteiger partial charge in [-0.1, -0.05) is 25.4 Å². The molecule has 0 unspecified atom stereocenters. The van der Waals surface area contributed by atoms with E-state index >= 15 is 0 Å². The third-order valence-electron chi connectivity index (χ3n) is 1.73. The summed E-state index contributed by atoms with van der Waals surface area (Å²) >= 11 is 5.92. The van der Waals surface area contributed by atoms with Gasteiger partial charge in [0.1, 0.15) is 5.82 Å². The first-order valence-corrected chi connectivity index (χ1v) is 4.89. The van der Waals surface area contributed by atoms with Crippen LogP contribution < -0.4 is 5.32 Å². The first-order valence-electron chi connectivity index (χ1n) is 4.51. The minimum absolute atomic E-state index is 0.588. The molecule has 3 nitrogen and oxygen atoms in total. The molecule has 0 aliphatic carbocycles. The first kappa shape index (κ1) is 10.5. The lowest BCUT2D eigenvalue weighted by Gasteiger charge is -1.99. The molecule has 0 aromatic carbocycles. The van der Waals surface area contributed by atoms with E-state index in [0.29, 0.717) is 11.1 Å². The lowest BCUT2D eigenvalue weighted by molar-refractivity contribution is 0.624. The van der Waals surface area contributed by atoms with Crippen LogP contribution in [0.3, 0.4) is 0 Å². The smallest absolute Gasteiger partial charge is 0.151 e. The van der Waals surface area contributed by atoms with Crippen LogP contribution in [-0.2, 0) is 13.0 Å². The number of aromatic amines is 1. The molecule has 1 aromatic heterocycles. The highest BCUT2D eigenvalue weighted by atomic mass is 35.5. The Morgan fingerprint density at radius 2 is 2.23 bits per heavy atom. The molecular formula is C9H16ClN3. The Morgan fingerprint density at radius 3 is 2.77 bits per heavy atom. The molecule has 74 valence electrons. The number of nitrogens with zero attached hydrogens (tertiary/aromatic N) is 1. The number of rotatable bonds is 4. The lowest BCUT2D eigenvalue weighted by Crippen LogP contribution is -2.06. The van der Waals surface area contributed by atoms with E-state index in [9.17, 15) is 0 Å². The van der Waals surface area contributed by atoms with E-state index < -0.39 is 0 Å². The van der Waals surface area contributed by atoms with Gasteiger partial charge in [0.25, 0.3) is 0 Å². The van der Waals surface area contributed by atoms with Crippen molar-refractivity contribution in [2.24, 2.45) is 5.92 Å². The Bertz CT molecular complexity index is 268. The molecule has 0 spiro atoms. The second kappa shape index (κ2) is 4.63. The number of nitrogens with one attached hydrogen (secondary N) is 2. The van der Waals surface area contributed by atoms with Crippen LogP contribution in [0, 0.1) is 5.92 Å². The van der Waals surface area contributed by atoms with Crippen molar-refractivity contribution in [3.8, 4) is 0 Å². The van der Waals surface area contributed by atoms with E-state index in [1.165, 1.54) is 0 Å². The highest BCUT2D eigenvalue weighted by Crippen LogP contribution is 2.14. The number of imidazole rings is 1. The van der Waals surface area contributed by atoms with Crippen LogP contribution in [0.4, 0.5) is 0 Å². The molecule has 0 bridgehead atoms. The molecule has 1 aromatic rings. The standard InChI is InChI=1S/C9H16ClN3/c1-6(2)4-8-12-7(5-11-3)9(10)13-8/h6,11H,4-5H2,1-3H3,(H,12,13). The monoisotopic (exact) mass is 201 g/mol. The summed E-state index contributed by atoms with van der Waals surface area (Å²) < 4.78 is 0. The fourth-order valence-electron chi connectivity index (χ4n) is 1.22. The topological polar surface area (TPSA) is 40.7 Å². The Hall–Kier alpha value is -0.540. The van der Waals surface area contributed by atoms with Crippen molar-refractivity contribution in [2.75, 3.05) is 7.05 Å². The van der Waals surface area contributed by atoms with Crippen LogP contribution >= 0.6 is 11.6 Å². The number of H-pyrrole nitrogens is 1. The average molecular weight is 202 g/mol. The molecular weight excluding hydrogens is 186 g/mol. The molecule has 0 saturated carbocycles. The largest absolute Gasteiger partial charge is 0.344 e. The molecule has 1 heterocycles. The maximum absolute atomic E-state index is 5.92. The molecule has 0 aliphatic rings. The van der Waals surface area contributed by atoms with Gasteiger partial charge in [-0.2, -0.15) is 0 Å². The number of aromatic nitrogens is 2. The van der Waals surface area contributed by atoms with E-state index in [-0.39, 0.29) is 0 Å². The van der Waals surface area contributed by atoms with Crippen molar-refractivity contribution < 1.29 is 0 Å². The fraction of sp³-hybridized carbons (Fsp3) is 0.667. The lowest BCUT2D eigenvalue weighted by atomic mass is 10.1. The molecule has 0 radical (unpaired) electrons. The average Bonchev–Trinajstić information content (AvgIpc) is 2.31. The van der Waals surface area contributed by atoms with Crippen molar-refractivity contribution in [3.63, 3.8) is 0 Å². The predicted molar refractivity (Wildman–Crippen MR) is 54.9 cm³/mol. The summed E-state index contributed by atoms with van der Waals surface area (Å²) in [6.07, 6.45) is 0.948. The first-order chi connectivity index (χ1) is 6.13. The Morgan fingerprint density at radius 1 is 1.54 bits per heavy atom. The predicted octanol–water partition coefficient (Wildman–Crippen LogP) is 1.98. The summed E-state index contributed by atoms with van der Waals surface area (Å²) in [7, 11) is 1.89. The van der Waals surface area contributed by atoms with Gasteiger partial charge < -0.3 is 10.3 Å². The molecule has 0 fully saturated rings. The maximum atomic E-state index is 5.92. The maximum Gasteiger partial charge on any atom is 0.151 e. The van der Waals surface area contributed by atoms with Crippen molar-refractivity contribution in [3.05, 3.63) is 16.7 Å². The van der Waals surface area contributed by atoms with Crippen LogP contribution in [0.15, 0.2) is 0 Å². The molecule has 4 heteroatoms. The van der Waals surface area contributed by atoms with Crippen molar-refractivity contribution in [2.45, 2.75) is 26.8 Å². The Balaban J connectivity index is 2.70. The van der Waals surface area contributed by atoms with Crippen LogP contribution in [-0.4, -0.2) is 17.0 Å². The number of hydrogen-bond donors (Lipinski definition) is 2. The molecule has 0 amide bonds. The number of halogens is 1. The van der Waals surface area contributed by atoms with Gasteiger partial charge in [-0.3, -0.25) is 0 Å². The molecule has 2 N–H and O–H groups in total. The van der Waals surface area contributed by atoms with Crippen LogP contribution in [0.25, 0.3) is 0 Å². The third-order valence-corrected chi connectivity index (χ3v) is 2.05. The Kier molecular flexibility index (Phi) is 3.75. The van der Waals surface area contributed by atoms with Crippen LogP contribution in [0.1, 0.15) is 25.4 Å². The van der Waals surface area contributed by atoms with E-state index in [0.717, 1.165) is 24.5 Å². The molecule has 13 heavy (non-hydrogen) atoms. The van der Waals surface area contributed by atoms with Crippen molar-refractivity contribution in [1.29, 1.82) is 0 Å². The molecule has 0 aliphatic heterocycles. The van der Waals surface area contributed by atoms with E-state index in [4.69, 9.17) is 11.6 Å². The summed E-state index contributed by atoms with van der Waals surface area (Å²) in [5, 5.41) is 3.62. The summed E-state index contributed by atoms with van der Waals surface area (Å²) in [6.45, 7) is 5.06. The summed E-state index contributed by atoms with van der Waals surface area (Å²) in [4.78, 5) is 7.45. The molecule has 1 rings (SSSR count). The van der Waals surface area contributed by atoms with Gasteiger partial charge in [0.15, 0.2) is 5.15 Å². The van der Waals surface area contributed by atoms with Gasteiger partial charge in [-0.05, 0) is 13.0 Å². The second-order valence-corrected chi connectivity index (χ2v) is 3.94. The second-order valence-electron chi connectivity index (χ2n) is 3.58. The van der Waals surface area contributed by atoms with E-state index in [1.807, 2.05) is 7.05 Å². The summed E-state index contributed by atoms with van der Waals surface area (Å²) in [5.74, 6) is 1.58. The van der Waals surface area contributed by atoms with Gasteiger partial charge in [0.2, 0.25) is 0 Å². The minimum atomic E-state index is 0.588. The van der Waals surface area contributed by atoms with Gasteiger partial charge in [0.05, 0.1) is 5.69 Å². The Labute approximate surface area is 83.9 Å². The molecule has 0 atom stereocenters. The zero-order chi connectivity index (χ0) is 9.84. The summed E-state index contributed by atoms with van der Waals surface area (Å²) in [5.41, 5.74) is 0.972. The van der Waals surface area contributed by atoms with Gasteiger partial charge >= 0.3 is 0 Å². The number of hydrogen-bond acceptors (Lipinski definition) is 2. The third kappa shape index (κ3) is 3.01. The summed E-state index contributed by atoms with van der Waals surface area (Å²) in [6, 6.07) is 0. The van der Waals surface area contributed by atoms with Crippen molar-refractivity contribution in [1.82, 2.24) is 15.3 Å². The van der Waals surface area contributed by atoms with Gasteiger partial charge in [-0.25, -0.2) is 4.98 Å². The normalized spacial score (nSPS) is 11.2. The zero-order valence-electron chi connectivity index (χ0n) is 8.32. The van der Waals surface area contributed by atoms with E-state index in [1.54, 1.807) is 0 Å². The van der Waals surface area contributed by atoms with Crippen LogP contribution in [0.2, 0.25) is 5.15 Å². The quantitative estimate of drug-likeness (QED) is 0.782. The van der Waals surface area contributed by atoms with Gasteiger partial charge in [-0.15, -0.1) is 0 Å².